The second-order valence-corrected chi connectivity index (χ2v) is 5.51. The summed E-state index contributed by atoms with van der Waals surface area (Å²) in [5.41, 5.74) is 0. The third-order valence-corrected chi connectivity index (χ3v) is 3.74. The number of hydrogen-bond acceptors (Lipinski definition) is 4. The van der Waals surface area contributed by atoms with Crippen LogP contribution in [0.1, 0.15) is 0 Å². The minimum absolute atomic E-state index is 0.0988. The van der Waals surface area contributed by atoms with Crippen molar-refractivity contribution in [1.82, 2.24) is 4.98 Å². The van der Waals surface area contributed by atoms with Crippen molar-refractivity contribution in [3.8, 4) is 28.7 Å². The molecule has 0 fully saturated rings. The van der Waals surface area contributed by atoms with Crippen LogP contribution in [0.3, 0.4) is 0 Å². The van der Waals surface area contributed by atoms with E-state index in [0.717, 1.165) is 5.39 Å². The Morgan fingerprint density at radius 1 is 0.680 bits per heavy atom. The van der Waals surface area contributed by atoms with Crippen molar-refractivity contribution in [3.05, 3.63) is 85.2 Å². The van der Waals surface area contributed by atoms with Crippen LogP contribution in [0.5, 0.6) is 28.7 Å². The zero-order valence-corrected chi connectivity index (χ0v) is 13.3. The lowest BCUT2D eigenvalue weighted by Gasteiger charge is -2.14. The number of benzene rings is 3. The topological polar surface area (TPSA) is 51.6 Å². The fourth-order valence-corrected chi connectivity index (χ4v) is 2.55. The summed E-state index contributed by atoms with van der Waals surface area (Å²) >= 11 is 0. The van der Waals surface area contributed by atoms with E-state index in [1.807, 2.05) is 66.7 Å². The summed E-state index contributed by atoms with van der Waals surface area (Å²) in [7, 11) is 0. The summed E-state index contributed by atoms with van der Waals surface area (Å²) in [5, 5.41) is 11.5. The van der Waals surface area contributed by atoms with Gasteiger partial charge in [0.1, 0.15) is 17.2 Å². The zero-order chi connectivity index (χ0) is 17.1. The van der Waals surface area contributed by atoms with Crippen LogP contribution >= 0.6 is 0 Å². The molecule has 0 saturated heterocycles. The van der Waals surface area contributed by atoms with Crippen molar-refractivity contribution >= 4 is 10.8 Å². The first-order valence-electron chi connectivity index (χ1n) is 7.86. The Morgan fingerprint density at radius 3 is 1.84 bits per heavy atom. The lowest BCUT2D eigenvalue weighted by atomic mass is 10.1. The third-order valence-electron chi connectivity index (χ3n) is 3.74. The second kappa shape index (κ2) is 6.53. The molecular formula is C21H15NO3. The molecule has 25 heavy (non-hydrogen) atoms. The van der Waals surface area contributed by atoms with Gasteiger partial charge in [0.05, 0.1) is 6.20 Å². The van der Waals surface area contributed by atoms with Gasteiger partial charge in [0.15, 0.2) is 11.5 Å². The Morgan fingerprint density at radius 2 is 1.24 bits per heavy atom. The van der Waals surface area contributed by atoms with E-state index in [-0.39, 0.29) is 5.75 Å². The van der Waals surface area contributed by atoms with Gasteiger partial charge in [0.25, 0.3) is 0 Å². The average molecular weight is 329 g/mol. The van der Waals surface area contributed by atoms with E-state index in [2.05, 4.69) is 4.98 Å². The molecule has 1 heterocycles. The second-order valence-electron chi connectivity index (χ2n) is 5.51. The summed E-state index contributed by atoms with van der Waals surface area (Å²) in [6, 6.07) is 22.5. The van der Waals surface area contributed by atoms with Crippen LogP contribution in [0.15, 0.2) is 85.2 Å². The predicted molar refractivity (Wildman–Crippen MR) is 96.4 cm³/mol. The smallest absolute Gasteiger partial charge is 0.170 e. The molecule has 0 atom stereocenters. The third kappa shape index (κ3) is 3.23. The number of para-hydroxylation sites is 2. The molecule has 1 aromatic heterocycles. The lowest BCUT2D eigenvalue weighted by Crippen LogP contribution is -1.91. The first-order valence-corrected chi connectivity index (χ1v) is 7.86. The SMILES string of the molecule is Oc1cncc2cc(Oc3ccccc3)c(Oc3ccccc3)cc12. The standard InChI is InChI=1S/C21H15NO3/c23-19-14-22-13-15-11-20(24-16-7-3-1-4-8-16)21(12-18(15)19)25-17-9-5-2-6-10-17/h1-14,23H. The van der Waals surface area contributed by atoms with Gasteiger partial charge in [-0.05, 0) is 36.4 Å². The molecule has 0 spiro atoms. The summed E-state index contributed by atoms with van der Waals surface area (Å²) in [6.45, 7) is 0. The Hall–Kier alpha value is -3.53. The highest BCUT2D eigenvalue weighted by molar-refractivity contribution is 5.90. The van der Waals surface area contributed by atoms with E-state index in [4.69, 9.17) is 9.47 Å². The molecule has 122 valence electrons. The Labute approximate surface area is 144 Å². The van der Waals surface area contributed by atoms with E-state index in [1.54, 1.807) is 12.3 Å². The number of nitrogens with zero attached hydrogens (tertiary/aromatic N) is 1. The van der Waals surface area contributed by atoms with Crippen LogP contribution in [0.25, 0.3) is 10.8 Å². The van der Waals surface area contributed by atoms with Gasteiger partial charge in [-0.1, -0.05) is 36.4 Å². The van der Waals surface area contributed by atoms with Gasteiger partial charge >= 0.3 is 0 Å². The maximum Gasteiger partial charge on any atom is 0.170 e. The number of ether oxygens (including phenoxy) is 2. The fraction of sp³-hybridized carbons (Fsp3) is 0. The maximum atomic E-state index is 10.1. The molecule has 0 unspecified atom stereocenters. The van der Waals surface area contributed by atoms with Crippen LogP contribution < -0.4 is 9.47 Å². The van der Waals surface area contributed by atoms with Crippen LogP contribution in [-0.4, -0.2) is 10.1 Å². The molecule has 0 bridgehead atoms. The van der Waals surface area contributed by atoms with Crippen LogP contribution in [0.2, 0.25) is 0 Å². The van der Waals surface area contributed by atoms with E-state index in [1.165, 1.54) is 6.20 Å². The van der Waals surface area contributed by atoms with Crippen molar-refractivity contribution in [2.24, 2.45) is 0 Å². The van der Waals surface area contributed by atoms with Gasteiger partial charge in [0, 0.05) is 17.0 Å². The molecule has 0 aliphatic heterocycles. The Balaban J connectivity index is 1.82. The highest BCUT2D eigenvalue weighted by Crippen LogP contribution is 2.40. The van der Waals surface area contributed by atoms with Crippen LogP contribution in [0.4, 0.5) is 0 Å². The van der Waals surface area contributed by atoms with Crippen molar-refractivity contribution in [1.29, 1.82) is 0 Å². The first-order chi connectivity index (χ1) is 12.3. The highest BCUT2D eigenvalue weighted by Gasteiger charge is 2.12. The average Bonchev–Trinajstić information content (AvgIpc) is 2.65. The number of fused-ring (bicyclic) bond motifs is 1. The fourth-order valence-electron chi connectivity index (χ4n) is 2.55. The molecule has 0 aliphatic rings. The molecule has 0 radical (unpaired) electrons. The molecule has 4 nitrogen and oxygen atoms in total. The molecule has 0 saturated carbocycles. The Kier molecular flexibility index (Phi) is 3.92. The maximum absolute atomic E-state index is 10.1. The summed E-state index contributed by atoms with van der Waals surface area (Å²) in [6.07, 6.45) is 3.09. The normalized spacial score (nSPS) is 10.6. The van der Waals surface area contributed by atoms with Crippen LogP contribution in [0, 0.1) is 0 Å². The van der Waals surface area contributed by atoms with E-state index < -0.39 is 0 Å². The van der Waals surface area contributed by atoms with Gasteiger partial charge in [-0.2, -0.15) is 0 Å². The molecular weight excluding hydrogens is 314 g/mol. The summed E-state index contributed by atoms with van der Waals surface area (Å²) in [4.78, 5) is 4.03. The molecule has 3 aromatic carbocycles. The van der Waals surface area contributed by atoms with E-state index in [9.17, 15) is 5.11 Å². The van der Waals surface area contributed by atoms with E-state index >= 15 is 0 Å². The number of pyridine rings is 1. The van der Waals surface area contributed by atoms with Crippen molar-refractivity contribution in [2.75, 3.05) is 0 Å². The largest absolute Gasteiger partial charge is 0.506 e. The molecule has 0 aliphatic carbocycles. The van der Waals surface area contributed by atoms with Gasteiger partial charge in [-0.25, -0.2) is 0 Å². The van der Waals surface area contributed by atoms with Gasteiger partial charge in [-0.15, -0.1) is 0 Å². The predicted octanol–water partition coefficient (Wildman–Crippen LogP) is 5.53. The minimum atomic E-state index is 0.0988. The number of aromatic nitrogens is 1. The molecule has 4 heteroatoms. The van der Waals surface area contributed by atoms with Gasteiger partial charge < -0.3 is 14.6 Å². The summed E-state index contributed by atoms with van der Waals surface area (Å²) < 4.78 is 12.0. The van der Waals surface area contributed by atoms with Crippen LogP contribution in [-0.2, 0) is 0 Å². The monoisotopic (exact) mass is 329 g/mol. The zero-order valence-electron chi connectivity index (χ0n) is 13.3. The van der Waals surface area contributed by atoms with Crippen molar-refractivity contribution in [2.45, 2.75) is 0 Å². The minimum Gasteiger partial charge on any atom is -0.506 e. The Bertz CT molecular complexity index is 1000. The van der Waals surface area contributed by atoms with Crippen molar-refractivity contribution < 1.29 is 14.6 Å². The molecule has 0 amide bonds. The van der Waals surface area contributed by atoms with Gasteiger partial charge in [0.2, 0.25) is 0 Å². The summed E-state index contributed by atoms with van der Waals surface area (Å²) in [5.74, 6) is 2.56. The number of aromatic hydroxyl groups is 1. The quantitative estimate of drug-likeness (QED) is 0.535. The van der Waals surface area contributed by atoms with Crippen molar-refractivity contribution in [3.63, 3.8) is 0 Å². The van der Waals surface area contributed by atoms with E-state index in [0.29, 0.717) is 28.4 Å². The number of hydrogen-bond donors (Lipinski definition) is 1. The van der Waals surface area contributed by atoms with Gasteiger partial charge in [-0.3, -0.25) is 4.98 Å². The lowest BCUT2D eigenvalue weighted by molar-refractivity contribution is 0.419. The number of rotatable bonds is 4. The first kappa shape index (κ1) is 15.0. The highest BCUT2D eigenvalue weighted by atomic mass is 16.5. The molecule has 4 aromatic rings. The molecule has 4 rings (SSSR count). The molecule has 1 N–H and O–H groups in total.